The maximum atomic E-state index is 11.5. The van der Waals surface area contributed by atoms with Crippen molar-refractivity contribution in [1.82, 2.24) is 20.6 Å². The lowest BCUT2D eigenvalue weighted by atomic mass is 10.3. The van der Waals surface area contributed by atoms with Crippen molar-refractivity contribution >= 4 is 118 Å². The Balaban J connectivity index is 0.000000171. The number of nitrogens with two attached hydrogens (primary N) is 1. The predicted octanol–water partition coefficient (Wildman–Crippen LogP) is 4.35. The average Bonchev–Trinajstić information content (AvgIpc) is 3.85. The first-order valence-corrected chi connectivity index (χ1v) is 19.8. The molecule has 1 amide bonds. The standard InChI is InChI=1S/C8H13N2OPS.C8H11N2PS.C8H9N2PS.C6H7O2PS/c1-5-4-6(12)13-7(5)8(11)10-3-2-9;2*1-5-4-6(11)12-7(5)8-9-2-3-10-8;1-3-2-4(9)10-5(3)6(7)8/h4H,2-3,9,12H2,1H3,(H,10,11);4H,2-3,11H2,1H3,(H,9,10);2-4H,11H2,1H3,(H,9,10);2H,9H2,1H3,(H,7,8). The van der Waals surface area contributed by atoms with Gasteiger partial charge in [0, 0.05) is 50.5 Å². The van der Waals surface area contributed by atoms with Gasteiger partial charge in [0.25, 0.3) is 5.91 Å². The molecule has 5 aromatic heterocycles. The molecule has 4 atom stereocenters. The van der Waals surface area contributed by atoms with Gasteiger partial charge in [0.05, 0.1) is 21.2 Å². The zero-order chi connectivity index (χ0) is 34.7. The summed E-state index contributed by atoms with van der Waals surface area (Å²) in [7, 11) is 10.5. The monoisotopic (exact) mass is 784 g/mol. The maximum Gasteiger partial charge on any atom is 0.346 e. The summed E-state index contributed by atoms with van der Waals surface area (Å²) in [6.45, 7) is 10.9. The number of rotatable bonds is 6. The average molecular weight is 785 g/mol. The van der Waals surface area contributed by atoms with Crippen LogP contribution in [0.2, 0.25) is 0 Å². The lowest BCUT2D eigenvalue weighted by Crippen LogP contribution is -2.28. The smallest absolute Gasteiger partial charge is 0.346 e. The fraction of sp³-hybridized carbons (Fsp3) is 0.267. The number of nitrogens with zero attached hydrogens (tertiary/aromatic N) is 2. The summed E-state index contributed by atoms with van der Waals surface area (Å²) in [6.07, 6.45) is 3.62. The van der Waals surface area contributed by atoms with Gasteiger partial charge in [-0.25, -0.2) is 9.78 Å². The van der Waals surface area contributed by atoms with Crippen LogP contribution in [0.3, 0.4) is 0 Å². The van der Waals surface area contributed by atoms with Gasteiger partial charge >= 0.3 is 5.97 Å². The van der Waals surface area contributed by atoms with E-state index in [1.807, 2.05) is 25.3 Å². The van der Waals surface area contributed by atoms with Crippen molar-refractivity contribution in [2.45, 2.75) is 27.7 Å². The predicted molar refractivity (Wildman–Crippen MR) is 219 cm³/mol. The van der Waals surface area contributed by atoms with Crippen molar-refractivity contribution in [3.8, 4) is 10.7 Å². The van der Waals surface area contributed by atoms with Gasteiger partial charge in [-0.2, -0.15) is 0 Å². The number of carboxylic acids is 1. The van der Waals surface area contributed by atoms with Gasteiger partial charge in [-0.1, -0.05) is 37.0 Å². The number of aryl methyl sites for hydroxylation is 4. The minimum absolute atomic E-state index is 0.0262. The topological polar surface area (TPSA) is 145 Å². The number of aliphatic imine (C=N–C) groups is 1. The lowest BCUT2D eigenvalue weighted by Gasteiger charge is -2.01. The number of thiophene rings is 4. The Morgan fingerprint density at radius 3 is 1.77 bits per heavy atom. The molecule has 0 radical (unpaired) electrons. The lowest BCUT2D eigenvalue weighted by molar-refractivity contribution is 0.0701. The molecule has 1 aliphatic rings. The van der Waals surface area contributed by atoms with Gasteiger partial charge in [-0.15, -0.1) is 45.3 Å². The number of carbonyl (C=O) groups is 2. The third-order valence-corrected chi connectivity index (χ3v) is 12.5. The second-order valence-electron chi connectivity index (χ2n) is 10.1. The largest absolute Gasteiger partial charge is 0.477 e. The molecule has 6 heterocycles. The highest BCUT2D eigenvalue weighted by molar-refractivity contribution is 7.45. The summed E-state index contributed by atoms with van der Waals surface area (Å²) in [5.74, 6) is 1.18. The third kappa shape index (κ3) is 12.2. The van der Waals surface area contributed by atoms with E-state index in [9.17, 15) is 9.59 Å². The molecular formula is C30H40N6O3P4S4. The van der Waals surface area contributed by atoms with Crippen LogP contribution in [-0.4, -0.2) is 59.0 Å². The Labute approximate surface area is 300 Å². The molecule has 6 rings (SSSR count). The Morgan fingerprint density at radius 1 is 0.851 bits per heavy atom. The van der Waals surface area contributed by atoms with Gasteiger partial charge in [0.1, 0.15) is 16.5 Å². The van der Waals surface area contributed by atoms with Gasteiger partial charge < -0.3 is 26.5 Å². The molecule has 252 valence electrons. The van der Waals surface area contributed by atoms with Crippen molar-refractivity contribution in [1.29, 1.82) is 0 Å². The zero-order valence-electron chi connectivity index (χ0n) is 26.5. The van der Waals surface area contributed by atoms with Gasteiger partial charge in [0.15, 0.2) is 0 Å². The normalized spacial score (nSPS) is 11.6. The molecule has 47 heavy (non-hydrogen) atoms. The molecule has 0 spiro atoms. The molecular weight excluding hydrogens is 745 g/mol. The van der Waals surface area contributed by atoms with Gasteiger partial charge in [0.2, 0.25) is 0 Å². The first-order chi connectivity index (χ1) is 22.3. The molecule has 5 aromatic rings. The Bertz CT molecular complexity index is 1810. The summed E-state index contributed by atoms with van der Waals surface area (Å²) >= 11 is 6.29. The number of aromatic carboxylic acids is 1. The van der Waals surface area contributed by atoms with Crippen LogP contribution in [0.5, 0.6) is 0 Å². The molecule has 1 aliphatic heterocycles. The number of amidine groups is 1. The maximum absolute atomic E-state index is 11.5. The molecule has 0 aromatic carbocycles. The fourth-order valence-electron chi connectivity index (χ4n) is 4.14. The summed E-state index contributed by atoms with van der Waals surface area (Å²) in [4.78, 5) is 37.3. The summed E-state index contributed by atoms with van der Waals surface area (Å²) in [5, 5.41) is 14.6. The Hall–Kier alpha value is -1.90. The molecule has 9 nitrogen and oxygen atoms in total. The summed E-state index contributed by atoms with van der Waals surface area (Å²) in [5.41, 5.74) is 9.73. The van der Waals surface area contributed by atoms with E-state index < -0.39 is 5.97 Å². The Morgan fingerprint density at radius 2 is 1.38 bits per heavy atom. The van der Waals surface area contributed by atoms with E-state index >= 15 is 0 Å². The number of carboxylic acid groups (broad SMARTS) is 1. The highest BCUT2D eigenvalue weighted by Crippen LogP contribution is 2.25. The number of imidazole rings is 1. The van der Waals surface area contributed by atoms with E-state index in [1.54, 1.807) is 35.8 Å². The molecule has 0 bridgehead atoms. The number of nitrogens with one attached hydrogen (secondary N) is 3. The number of hydrogen-bond donors (Lipinski definition) is 5. The molecule has 17 heteroatoms. The highest BCUT2D eigenvalue weighted by atomic mass is 32.1. The Kier molecular flexibility index (Phi) is 16.3. The molecule has 0 fully saturated rings. The zero-order valence-corrected chi connectivity index (χ0v) is 34.4. The molecule has 0 aliphatic carbocycles. The van der Waals surface area contributed by atoms with Gasteiger partial charge in [-0.05, 0) is 74.2 Å². The van der Waals surface area contributed by atoms with Crippen LogP contribution >= 0.6 is 82.3 Å². The van der Waals surface area contributed by atoms with E-state index in [2.05, 4.69) is 88.5 Å². The van der Waals surface area contributed by atoms with E-state index in [-0.39, 0.29) is 5.91 Å². The van der Waals surface area contributed by atoms with Crippen molar-refractivity contribution in [2.24, 2.45) is 10.7 Å². The molecule has 0 saturated heterocycles. The van der Waals surface area contributed by atoms with Crippen molar-refractivity contribution in [3.05, 3.63) is 73.5 Å². The first-order valence-electron chi connectivity index (χ1n) is 14.2. The van der Waals surface area contributed by atoms with Crippen LogP contribution in [0.1, 0.15) is 46.5 Å². The number of amides is 1. The van der Waals surface area contributed by atoms with Crippen molar-refractivity contribution in [3.63, 3.8) is 0 Å². The van der Waals surface area contributed by atoms with Crippen LogP contribution in [-0.2, 0) is 0 Å². The van der Waals surface area contributed by atoms with Crippen LogP contribution in [0.4, 0.5) is 0 Å². The quantitative estimate of drug-likeness (QED) is 0.162. The van der Waals surface area contributed by atoms with Crippen molar-refractivity contribution in [2.75, 3.05) is 26.2 Å². The number of hydrogen-bond acceptors (Lipinski definition) is 10. The third-order valence-electron chi connectivity index (χ3n) is 6.18. The first kappa shape index (κ1) is 39.5. The van der Waals surface area contributed by atoms with E-state index in [4.69, 9.17) is 10.8 Å². The molecule has 6 N–H and O–H groups in total. The number of aromatic amines is 1. The number of aromatic nitrogens is 2. The summed E-state index contributed by atoms with van der Waals surface area (Å²) in [6, 6.07) is 8.14. The van der Waals surface area contributed by atoms with E-state index in [0.717, 1.165) is 50.0 Å². The molecule has 4 unspecified atom stereocenters. The fourth-order valence-corrected chi connectivity index (χ4v) is 10.0. The second kappa shape index (κ2) is 19.3. The van der Waals surface area contributed by atoms with Crippen LogP contribution in [0.15, 0.2) is 41.7 Å². The van der Waals surface area contributed by atoms with Crippen LogP contribution in [0, 0.1) is 27.7 Å². The SMILES string of the molecule is Cc1cc(P)sc1-c1ncc[nH]1.Cc1cc(P)sc1C(=O)NCCN.Cc1cc(P)sc1C(=O)O.Cc1cc(P)sc1C1=NCCN1. The summed E-state index contributed by atoms with van der Waals surface area (Å²) < 4.78 is 4.57. The number of H-pyrrole nitrogens is 1. The minimum Gasteiger partial charge on any atom is -0.477 e. The molecule has 0 saturated carbocycles. The van der Waals surface area contributed by atoms with E-state index in [0.29, 0.717) is 18.0 Å². The number of carbonyl (C=O) groups excluding carboxylic acids is 1. The van der Waals surface area contributed by atoms with Crippen molar-refractivity contribution < 1.29 is 14.7 Å². The van der Waals surface area contributed by atoms with Gasteiger partial charge in [-0.3, -0.25) is 9.79 Å². The van der Waals surface area contributed by atoms with E-state index in [1.165, 1.54) is 52.8 Å². The second-order valence-corrected chi connectivity index (χ2v) is 18.6. The highest BCUT2D eigenvalue weighted by Gasteiger charge is 2.13. The minimum atomic E-state index is -0.837. The van der Waals surface area contributed by atoms with Crippen LogP contribution < -0.4 is 34.8 Å². The van der Waals surface area contributed by atoms with Crippen LogP contribution in [0.25, 0.3) is 10.7 Å².